The normalized spacial score (nSPS) is 24.1. The van der Waals surface area contributed by atoms with E-state index in [1.165, 1.54) is 0 Å². The van der Waals surface area contributed by atoms with Crippen LogP contribution in [0.25, 0.3) is 0 Å². The van der Waals surface area contributed by atoms with Gasteiger partial charge in [-0.1, -0.05) is 0 Å². The molecular weight excluding hydrogens is 206 g/mol. The van der Waals surface area contributed by atoms with Crippen LogP contribution in [0, 0.1) is 0 Å². The molecule has 0 aromatic carbocycles. The predicted molar refractivity (Wildman–Crippen MR) is 62.3 cm³/mol. The van der Waals surface area contributed by atoms with E-state index >= 15 is 0 Å². The number of likely N-dealkylation sites (tertiary alicyclic amines) is 1. The Morgan fingerprint density at radius 1 is 1.44 bits per heavy atom. The molecule has 0 saturated carbocycles. The van der Waals surface area contributed by atoms with Crippen molar-refractivity contribution in [2.24, 2.45) is 0 Å². The summed E-state index contributed by atoms with van der Waals surface area (Å²) < 4.78 is 5.33. The van der Waals surface area contributed by atoms with Crippen LogP contribution in [0.4, 0.5) is 4.79 Å². The summed E-state index contributed by atoms with van der Waals surface area (Å²) in [6.45, 7) is 7.97. The van der Waals surface area contributed by atoms with Gasteiger partial charge in [0.05, 0.1) is 12.1 Å². The highest BCUT2D eigenvalue weighted by atomic mass is 16.6. The number of piperidine rings is 1. The Labute approximate surface area is 97.6 Å². The molecule has 0 aliphatic carbocycles. The minimum absolute atomic E-state index is 0.0939. The average molecular weight is 229 g/mol. The Hall–Kier alpha value is -0.770. The van der Waals surface area contributed by atoms with Crippen LogP contribution in [0.2, 0.25) is 0 Å². The summed E-state index contributed by atoms with van der Waals surface area (Å²) in [5.74, 6) is 0. The van der Waals surface area contributed by atoms with Crippen molar-refractivity contribution in [2.75, 3.05) is 6.54 Å². The van der Waals surface area contributed by atoms with Gasteiger partial charge in [0.1, 0.15) is 5.60 Å². The number of amides is 1. The van der Waals surface area contributed by atoms with Crippen molar-refractivity contribution < 1.29 is 14.6 Å². The van der Waals surface area contributed by atoms with Crippen LogP contribution in [0.5, 0.6) is 0 Å². The highest BCUT2D eigenvalue weighted by Crippen LogP contribution is 2.22. The van der Waals surface area contributed by atoms with Crippen LogP contribution in [-0.2, 0) is 4.74 Å². The molecule has 0 radical (unpaired) electrons. The molecule has 0 bridgehead atoms. The van der Waals surface area contributed by atoms with Crippen molar-refractivity contribution in [3.05, 3.63) is 0 Å². The van der Waals surface area contributed by atoms with E-state index < -0.39 is 11.7 Å². The summed E-state index contributed by atoms with van der Waals surface area (Å²) >= 11 is 0. The van der Waals surface area contributed by atoms with Gasteiger partial charge in [-0.15, -0.1) is 0 Å². The maximum absolute atomic E-state index is 11.9. The van der Waals surface area contributed by atoms with Crippen molar-refractivity contribution in [2.45, 2.75) is 64.7 Å². The Morgan fingerprint density at radius 2 is 2.06 bits per heavy atom. The zero-order valence-electron chi connectivity index (χ0n) is 10.7. The molecule has 1 fully saturated rings. The number of carbonyl (C=O) groups is 1. The zero-order valence-corrected chi connectivity index (χ0v) is 10.7. The molecule has 1 N–H and O–H groups in total. The number of ether oxygens (including phenoxy) is 1. The minimum Gasteiger partial charge on any atom is -0.444 e. The van der Waals surface area contributed by atoms with Gasteiger partial charge in [-0.3, -0.25) is 0 Å². The van der Waals surface area contributed by atoms with Crippen LogP contribution < -0.4 is 0 Å². The van der Waals surface area contributed by atoms with E-state index in [1.807, 2.05) is 20.8 Å². The van der Waals surface area contributed by atoms with Crippen molar-refractivity contribution in [1.29, 1.82) is 0 Å². The van der Waals surface area contributed by atoms with Crippen LogP contribution in [-0.4, -0.2) is 40.4 Å². The second kappa shape index (κ2) is 5.04. The van der Waals surface area contributed by atoms with E-state index in [-0.39, 0.29) is 12.1 Å². The lowest BCUT2D eigenvalue weighted by Gasteiger charge is -2.38. The van der Waals surface area contributed by atoms with E-state index in [2.05, 4.69) is 0 Å². The second-order valence-corrected chi connectivity index (χ2v) is 5.48. The monoisotopic (exact) mass is 229 g/mol. The van der Waals surface area contributed by atoms with E-state index in [9.17, 15) is 9.90 Å². The average Bonchev–Trinajstić information content (AvgIpc) is 2.15. The summed E-state index contributed by atoms with van der Waals surface area (Å²) in [7, 11) is 0. The second-order valence-electron chi connectivity index (χ2n) is 5.48. The Balaban J connectivity index is 2.64. The molecule has 16 heavy (non-hydrogen) atoms. The van der Waals surface area contributed by atoms with Crippen molar-refractivity contribution in [3.8, 4) is 0 Å². The number of rotatable bonds is 1. The quantitative estimate of drug-likeness (QED) is 0.749. The maximum Gasteiger partial charge on any atom is 0.410 e. The van der Waals surface area contributed by atoms with Crippen LogP contribution in [0.15, 0.2) is 0 Å². The van der Waals surface area contributed by atoms with Gasteiger partial charge in [0.15, 0.2) is 0 Å². The molecule has 4 heteroatoms. The molecule has 1 heterocycles. The standard InChI is InChI=1S/C12H23NO3/c1-9(14)10-7-5-6-8-13(10)11(15)16-12(2,3)4/h9-10,14H,5-8H2,1-4H3/t9-,10+/m0/s1. The van der Waals surface area contributed by atoms with Gasteiger partial charge in [0, 0.05) is 6.54 Å². The van der Waals surface area contributed by atoms with Gasteiger partial charge in [-0.05, 0) is 47.0 Å². The fourth-order valence-electron chi connectivity index (χ4n) is 2.01. The molecule has 1 aliphatic rings. The van der Waals surface area contributed by atoms with Gasteiger partial charge in [0.2, 0.25) is 0 Å². The van der Waals surface area contributed by atoms with Gasteiger partial charge >= 0.3 is 6.09 Å². The number of aliphatic hydroxyl groups is 1. The molecule has 0 spiro atoms. The molecular formula is C12H23NO3. The Bertz CT molecular complexity index is 245. The molecule has 0 aromatic rings. The number of nitrogens with zero attached hydrogens (tertiary/aromatic N) is 1. The van der Waals surface area contributed by atoms with Gasteiger partial charge in [0.25, 0.3) is 0 Å². The summed E-state index contributed by atoms with van der Waals surface area (Å²) in [4.78, 5) is 13.6. The lowest BCUT2D eigenvalue weighted by molar-refractivity contribution is -0.0125. The molecule has 1 saturated heterocycles. The molecule has 1 aliphatic heterocycles. The zero-order chi connectivity index (χ0) is 12.3. The van der Waals surface area contributed by atoms with E-state index in [1.54, 1.807) is 11.8 Å². The SMILES string of the molecule is C[C@H](O)[C@H]1CCCCN1C(=O)OC(C)(C)C. The highest BCUT2D eigenvalue weighted by Gasteiger charge is 2.32. The smallest absolute Gasteiger partial charge is 0.410 e. The lowest BCUT2D eigenvalue weighted by atomic mass is 9.99. The van der Waals surface area contributed by atoms with Gasteiger partial charge in [-0.2, -0.15) is 0 Å². The third-order valence-corrected chi connectivity index (χ3v) is 2.73. The van der Waals surface area contributed by atoms with E-state index in [0.29, 0.717) is 6.54 Å². The Morgan fingerprint density at radius 3 is 2.56 bits per heavy atom. The fraction of sp³-hybridized carbons (Fsp3) is 0.917. The van der Waals surface area contributed by atoms with Gasteiger partial charge in [-0.25, -0.2) is 4.79 Å². The number of hydrogen-bond donors (Lipinski definition) is 1. The summed E-state index contributed by atoms with van der Waals surface area (Å²) in [5.41, 5.74) is -0.474. The van der Waals surface area contributed by atoms with Gasteiger partial charge < -0.3 is 14.7 Å². The van der Waals surface area contributed by atoms with Crippen LogP contribution >= 0.6 is 0 Å². The largest absolute Gasteiger partial charge is 0.444 e. The first kappa shape index (κ1) is 13.3. The lowest BCUT2D eigenvalue weighted by Crippen LogP contribution is -2.50. The van der Waals surface area contributed by atoms with Crippen molar-refractivity contribution in [1.82, 2.24) is 4.90 Å². The summed E-state index contributed by atoms with van der Waals surface area (Å²) in [6, 6.07) is -0.0939. The molecule has 94 valence electrons. The fourth-order valence-corrected chi connectivity index (χ4v) is 2.01. The molecule has 0 unspecified atom stereocenters. The number of hydrogen-bond acceptors (Lipinski definition) is 3. The molecule has 1 rings (SSSR count). The van der Waals surface area contributed by atoms with Crippen molar-refractivity contribution >= 4 is 6.09 Å². The summed E-state index contributed by atoms with van der Waals surface area (Å²) in [6.07, 6.45) is 2.11. The van der Waals surface area contributed by atoms with E-state index in [0.717, 1.165) is 19.3 Å². The summed E-state index contributed by atoms with van der Waals surface area (Å²) in [5, 5.41) is 9.65. The first-order chi connectivity index (χ1) is 7.31. The number of carbonyl (C=O) groups excluding carboxylic acids is 1. The molecule has 2 atom stereocenters. The first-order valence-corrected chi connectivity index (χ1v) is 5.99. The minimum atomic E-state index is -0.493. The highest BCUT2D eigenvalue weighted by molar-refractivity contribution is 5.68. The van der Waals surface area contributed by atoms with Crippen LogP contribution in [0.3, 0.4) is 0 Å². The molecule has 1 amide bonds. The Kier molecular flexibility index (Phi) is 4.19. The van der Waals surface area contributed by atoms with Crippen LogP contribution in [0.1, 0.15) is 47.0 Å². The predicted octanol–water partition coefficient (Wildman–Crippen LogP) is 2.16. The topological polar surface area (TPSA) is 49.8 Å². The third-order valence-electron chi connectivity index (χ3n) is 2.73. The molecule has 4 nitrogen and oxygen atoms in total. The first-order valence-electron chi connectivity index (χ1n) is 5.99. The molecule has 0 aromatic heterocycles. The number of aliphatic hydroxyl groups excluding tert-OH is 1. The van der Waals surface area contributed by atoms with Crippen molar-refractivity contribution in [3.63, 3.8) is 0 Å². The van der Waals surface area contributed by atoms with E-state index in [4.69, 9.17) is 4.74 Å². The third kappa shape index (κ3) is 3.67. The maximum atomic E-state index is 11.9.